The van der Waals surface area contributed by atoms with E-state index in [2.05, 4.69) is 10.3 Å². The number of guanidine groups is 1. The van der Waals surface area contributed by atoms with Crippen molar-refractivity contribution in [2.75, 3.05) is 20.6 Å². The highest BCUT2D eigenvalue weighted by atomic mass is 19.1. The summed E-state index contributed by atoms with van der Waals surface area (Å²) >= 11 is 0. The first-order valence-electron chi connectivity index (χ1n) is 7.49. The minimum atomic E-state index is -0.241. The molecule has 0 spiro atoms. The van der Waals surface area contributed by atoms with Crippen molar-refractivity contribution in [1.82, 2.24) is 10.2 Å². The largest absolute Gasteiger partial charge is 0.356 e. The highest BCUT2D eigenvalue weighted by Crippen LogP contribution is 2.07. The molecule has 2 aromatic carbocycles. The molecule has 5 heteroatoms. The van der Waals surface area contributed by atoms with Crippen LogP contribution in [0.25, 0.3) is 0 Å². The Labute approximate surface area is 135 Å². The van der Waals surface area contributed by atoms with E-state index in [-0.39, 0.29) is 11.6 Å². The first-order valence-corrected chi connectivity index (χ1v) is 7.49. The number of hydrogen-bond acceptors (Lipinski definition) is 1. The Balaban J connectivity index is 1.85. The lowest BCUT2D eigenvalue weighted by Gasteiger charge is -2.22. The predicted molar refractivity (Wildman–Crippen MR) is 89.3 cm³/mol. The molecule has 0 radical (unpaired) electrons. The molecule has 0 unspecified atom stereocenters. The molecule has 1 N–H and O–H groups in total. The molecule has 0 aliphatic heterocycles. The van der Waals surface area contributed by atoms with Gasteiger partial charge >= 0.3 is 0 Å². The quantitative estimate of drug-likeness (QED) is 0.677. The van der Waals surface area contributed by atoms with E-state index in [1.165, 1.54) is 24.3 Å². The molecule has 122 valence electrons. The highest BCUT2D eigenvalue weighted by Gasteiger charge is 2.07. The van der Waals surface area contributed by atoms with Gasteiger partial charge < -0.3 is 10.2 Å². The fraction of sp³-hybridized carbons (Fsp3) is 0.278. The molecule has 0 aromatic heterocycles. The van der Waals surface area contributed by atoms with Crippen LogP contribution in [0, 0.1) is 11.6 Å². The Morgan fingerprint density at radius 3 is 2.43 bits per heavy atom. The zero-order valence-corrected chi connectivity index (χ0v) is 13.4. The third kappa shape index (κ3) is 5.36. The molecule has 3 nitrogen and oxygen atoms in total. The van der Waals surface area contributed by atoms with Gasteiger partial charge in [0.1, 0.15) is 11.6 Å². The van der Waals surface area contributed by atoms with Gasteiger partial charge in [0.05, 0.1) is 0 Å². The van der Waals surface area contributed by atoms with Gasteiger partial charge in [0.25, 0.3) is 0 Å². The Kier molecular flexibility index (Phi) is 6.09. The van der Waals surface area contributed by atoms with Crippen LogP contribution in [0.15, 0.2) is 53.5 Å². The lowest BCUT2D eigenvalue weighted by atomic mass is 10.1. The second-order valence-electron chi connectivity index (χ2n) is 5.34. The third-order valence-corrected chi connectivity index (χ3v) is 3.49. The van der Waals surface area contributed by atoms with Gasteiger partial charge in [-0.15, -0.1) is 0 Å². The molecule has 2 rings (SSSR count). The van der Waals surface area contributed by atoms with Crippen LogP contribution in [0.5, 0.6) is 0 Å². The number of hydrogen-bond donors (Lipinski definition) is 1. The standard InChI is InChI=1S/C18H21F2N3/c1-21-18(22-11-10-14-6-8-16(19)9-7-14)23(2)13-15-4-3-5-17(20)12-15/h3-9,12H,10-11,13H2,1-2H3,(H,21,22). The molecule has 2 aromatic rings. The molecular formula is C18H21F2N3. The summed E-state index contributed by atoms with van der Waals surface area (Å²) in [6, 6.07) is 13.0. The molecule has 0 bridgehead atoms. The van der Waals surface area contributed by atoms with E-state index in [4.69, 9.17) is 0 Å². The highest BCUT2D eigenvalue weighted by molar-refractivity contribution is 5.79. The topological polar surface area (TPSA) is 27.6 Å². The summed E-state index contributed by atoms with van der Waals surface area (Å²) in [5.41, 5.74) is 1.94. The summed E-state index contributed by atoms with van der Waals surface area (Å²) in [6.45, 7) is 1.25. The minimum Gasteiger partial charge on any atom is -0.356 e. The van der Waals surface area contributed by atoms with Gasteiger partial charge in [0, 0.05) is 27.2 Å². The fourth-order valence-electron chi connectivity index (χ4n) is 2.34. The van der Waals surface area contributed by atoms with Crippen LogP contribution in [-0.2, 0) is 13.0 Å². The van der Waals surface area contributed by atoms with E-state index in [9.17, 15) is 8.78 Å². The van der Waals surface area contributed by atoms with Crippen LogP contribution < -0.4 is 5.32 Å². The van der Waals surface area contributed by atoms with Gasteiger partial charge in [0.2, 0.25) is 0 Å². The van der Waals surface area contributed by atoms with Crippen LogP contribution in [0.4, 0.5) is 8.78 Å². The SMILES string of the molecule is CN=C(NCCc1ccc(F)cc1)N(C)Cc1cccc(F)c1. The summed E-state index contributed by atoms with van der Waals surface area (Å²) in [6.07, 6.45) is 0.771. The van der Waals surface area contributed by atoms with Crippen molar-refractivity contribution in [3.63, 3.8) is 0 Å². The van der Waals surface area contributed by atoms with E-state index < -0.39 is 0 Å². The van der Waals surface area contributed by atoms with Crippen LogP contribution in [0.1, 0.15) is 11.1 Å². The third-order valence-electron chi connectivity index (χ3n) is 3.49. The fourth-order valence-corrected chi connectivity index (χ4v) is 2.34. The average Bonchev–Trinajstić information content (AvgIpc) is 2.53. The Morgan fingerprint density at radius 1 is 1.04 bits per heavy atom. The van der Waals surface area contributed by atoms with Gasteiger partial charge in [-0.2, -0.15) is 0 Å². The van der Waals surface area contributed by atoms with E-state index in [0.29, 0.717) is 13.1 Å². The smallest absolute Gasteiger partial charge is 0.193 e. The molecule has 0 fully saturated rings. The van der Waals surface area contributed by atoms with Crippen molar-refractivity contribution >= 4 is 5.96 Å². The van der Waals surface area contributed by atoms with Crippen molar-refractivity contribution in [2.24, 2.45) is 4.99 Å². The van der Waals surface area contributed by atoms with Crippen molar-refractivity contribution < 1.29 is 8.78 Å². The molecule has 0 saturated carbocycles. The van der Waals surface area contributed by atoms with Gasteiger partial charge in [0.15, 0.2) is 5.96 Å². The second-order valence-corrected chi connectivity index (χ2v) is 5.34. The summed E-state index contributed by atoms with van der Waals surface area (Å²) in [7, 11) is 3.61. The normalized spacial score (nSPS) is 11.4. The molecular weight excluding hydrogens is 296 g/mol. The number of benzene rings is 2. The van der Waals surface area contributed by atoms with Gasteiger partial charge in [-0.1, -0.05) is 24.3 Å². The molecule has 23 heavy (non-hydrogen) atoms. The maximum Gasteiger partial charge on any atom is 0.193 e. The lowest BCUT2D eigenvalue weighted by molar-refractivity contribution is 0.475. The van der Waals surface area contributed by atoms with Crippen LogP contribution in [0.2, 0.25) is 0 Å². The monoisotopic (exact) mass is 317 g/mol. The number of nitrogens with one attached hydrogen (secondary N) is 1. The Morgan fingerprint density at radius 2 is 1.78 bits per heavy atom. The van der Waals surface area contributed by atoms with E-state index >= 15 is 0 Å². The van der Waals surface area contributed by atoms with E-state index in [1.54, 1.807) is 25.2 Å². The van der Waals surface area contributed by atoms with Crippen LogP contribution in [-0.4, -0.2) is 31.5 Å². The molecule has 0 saturated heterocycles. The van der Waals surface area contributed by atoms with E-state index in [0.717, 1.165) is 23.5 Å². The summed E-state index contributed by atoms with van der Waals surface area (Å²) in [5.74, 6) is 0.263. The first kappa shape index (κ1) is 16.9. The van der Waals surface area contributed by atoms with Crippen LogP contribution in [0.3, 0.4) is 0 Å². The second kappa shape index (κ2) is 8.27. The van der Waals surface area contributed by atoms with Gasteiger partial charge in [-0.05, 0) is 41.8 Å². The van der Waals surface area contributed by atoms with Gasteiger partial charge in [-0.25, -0.2) is 8.78 Å². The summed E-state index contributed by atoms with van der Waals surface area (Å²) < 4.78 is 26.1. The lowest BCUT2D eigenvalue weighted by Crippen LogP contribution is -2.39. The van der Waals surface area contributed by atoms with Crippen molar-refractivity contribution in [3.05, 3.63) is 71.3 Å². The Bertz CT molecular complexity index is 654. The molecule has 0 aliphatic carbocycles. The number of nitrogens with zero attached hydrogens (tertiary/aromatic N) is 2. The maximum atomic E-state index is 13.2. The summed E-state index contributed by atoms with van der Waals surface area (Å²) in [5, 5.41) is 3.26. The van der Waals surface area contributed by atoms with Crippen molar-refractivity contribution in [1.29, 1.82) is 0 Å². The van der Waals surface area contributed by atoms with E-state index in [1.807, 2.05) is 18.0 Å². The van der Waals surface area contributed by atoms with Crippen LogP contribution >= 0.6 is 0 Å². The number of rotatable bonds is 5. The van der Waals surface area contributed by atoms with Crippen molar-refractivity contribution in [3.8, 4) is 0 Å². The molecule has 0 amide bonds. The summed E-state index contributed by atoms with van der Waals surface area (Å²) in [4.78, 5) is 6.16. The molecule has 0 atom stereocenters. The average molecular weight is 317 g/mol. The maximum absolute atomic E-state index is 13.2. The number of aliphatic imine (C=N–C) groups is 1. The zero-order chi connectivity index (χ0) is 16.7. The zero-order valence-electron chi connectivity index (χ0n) is 13.4. The first-order chi connectivity index (χ1) is 11.1. The molecule has 0 aliphatic rings. The number of halogens is 2. The molecule has 0 heterocycles. The predicted octanol–water partition coefficient (Wildman–Crippen LogP) is 3.21. The minimum absolute atomic E-state index is 0.229. The van der Waals surface area contributed by atoms with Gasteiger partial charge in [-0.3, -0.25) is 4.99 Å². The van der Waals surface area contributed by atoms with Crippen molar-refractivity contribution in [2.45, 2.75) is 13.0 Å². The Hall–Kier alpha value is -2.43.